The number of aliphatic hydroxyl groups excluding tert-OH is 4. The predicted molar refractivity (Wildman–Crippen MR) is 110 cm³/mol. The van der Waals surface area contributed by atoms with Gasteiger partial charge in [0.25, 0.3) is 0 Å². The summed E-state index contributed by atoms with van der Waals surface area (Å²) in [6.45, 7) is 6.50. The summed E-state index contributed by atoms with van der Waals surface area (Å²) < 4.78 is 16.7. The average Bonchev–Trinajstić information content (AvgIpc) is 3.03. The number of Topliss-reactive ketones (excluding diaryl/α,β-unsaturated/α-hetero) is 1. The molecular formula is C22H34O9. The van der Waals surface area contributed by atoms with Gasteiger partial charge < -0.3 is 34.6 Å². The number of hydrogen-bond acceptors (Lipinski definition) is 9. The van der Waals surface area contributed by atoms with Crippen LogP contribution in [0.1, 0.15) is 47.0 Å². The van der Waals surface area contributed by atoms with Crippen molar-refractivity contribution in [3.63, 3.8) is 0 Å². The van der Waals surface area contributed by atoms with Gasteiger partial charge in [0, 0.05) is 12.8 Å². The van der Waals surface area contributed by atoms with Gasteiger partial charge in [-0.15, -0.1) is 0 Å². The highest BCUT2D eigenvalue weighted by Crippen LogP contribution is 2.28. The van der Waals surface area contributed by atoms with Gasteiger partial charge in [0.15, 0.2) is 12.1 Å². The van der Waals surface area contributed by atoms with Gasteiger partial charge in [-0.05, 0) is 38.3 Å². The first-order chi connectivity index (χ1) is 14.6. The van der Waals surface area contributed by atoms with Gasteiger partial charge in [0.1, 0.15) is 36.6 Å². The van der Waals surface area contributed by atoms with Gasteiger partial charge in [0.2, 0.25) is 0 Å². The number of ketones is 1. The molecule has 1 fully saturated rings. The normalized spacial score (nSPS) is 40.5. The molecule has 2 aliphatic heterocycles. The standard InChI is InChI=1S/C22H34O9/c1-5-11(2)15-9-7-12(3)20(31-22-19(27)18(26)16(10-23)30-22)17(25)14(24)8-6-13(4)21(28)29-15/h5,7,13,15-20,22-23,25-27H,6,8-10H2,1-4H3/b11-5-,12-7+. The molecule has 4 N–H and O–H groups in total. The minimum absolute atomic E-state index is 0.0617. The van der Waals surface area contributed by atoms with E-state index in [0.717, 1.165) is 5.57 Å². The molecule has 2 heterocycles. The van der Waals surface area contributed by atoms with Crippen LogP contribution in [-0.2, 0) is 23.8 Å². The second-order valence-corrected chi connectivity index (χ2v) is 8.26. The predicted octanol–water partition coefficient (Wildman–Crippen LogP) is 0.385. The molecule has 0 aromatic carbocycles. The number of hydrogen-bond donors (Lipinski definition) is 4. The zero-order valence-corrected chi connectivity index (χ0v) is 18.4. The van der Waals surface area contributed by atoms with E-state index in [1.165, 1.54) is 0 Å². The quantitative estimate of drug-likeness (QED) is 0.359. The van der Waals surface area contributed by atoms with E-state index in [2.05, 4.69) is 0 Å². The summed E-state index contributed by atoms with van der Waals surface area (Å²) in [4.78, 5) is 25.0. The lowest BCUT2D eigenvalue weighted by Crippen LogP contribution is -2.43. The van der Waals surface area contributed by atoms with Crippen LogP contribution in [0.4, 0.5) is 0 Å². The molecular weight excluding hydrogens is 408 g/mol. The lowest BCUT2D eigenvalue weighted by Gasteiger charge is -2.29. The van der Waals surface area contributed by atoms with Crippen LogP contribution in [-0.4, -0.2) is 81.7 Å². The van der Waals surface area contributed by atoms with Crippen molar-refractivity contribution in [2.75, 3.05) is 6.61 Å². The molecule has 176 valence electrons. The van der Waals surface area contributed by atoms with Crippen LogP contribution in [0.3, 0.4) is 0 Å². The fourth-order valence-electron chi connectivity index (χ4n) is 3.52. The molecule has 0 bridgehead atoms. The Morgan fingerprint density at radius 1 is 1.26 bits per heavy atom. The van der Waals surface area contributed by atoms with Crippen molar-refractivity contribution in [3.8, 4) is 0 Å². The first-order valence-corrected chi connectivity index (χ1v) is 10.6. The molecule has 9 heteroatoms. The molecule has 0 saturated carbocycles. The third-order valence-electron chi connectivity index (χ3n) is 5.95. The number of rotatable bonds is 4. The Morgan fingerprint density at radius 2 is 1.94 bits per heavy atom. The van der Waals surface area contributed by atoms with Crippen LogP contribution in [0, 0.1) is 5.92 Å². The second-order valence-electron chi connectivity index (χ2n) is 8.26. The van der Waals surface area contributed by atoms with Crippen molar-refractivity contribution in [3.05, 3.63) is 23.3 Å². The summed E-state index contributed by atoms with van der Waals surface area (Å²) in [5.74, 6) is -1.45. The van der Waals surface area contributed by atoms with E-state index in [9.17, 15) is 30.0 Å². The topological polar surface area (TPSA) is 143 Å². The van der Waals surface area contributed by atoms with E-state index in [0.29, 0.717) is 12.0 Å². The van der Waals surface area contributed by atoms with Crippen molar-refractivity contribution in [1.29, 1.82) is 0 Å². The van der Waals surface area contributed by atoms with Crippen LogP contribution in [0.2, 0.25) is 0 Å². The third kappa shape index (κ3) is 6.21. The van der Waals surface area contributed by atoms with Crippen molar-refractivity contribution >= 4 is 11.8 Å². The Labute approximate surface area is 182 Å². The van der Waals surface area contributed by atoms with E-state index < -0.39 is 67.2 Å². The smallest absolute Gasteiger partial charge is 0.309 e. The van der Waals surface area contributed by atoms with Crippen LogP contribution in [0.15, 0.2) is 23.3 Å². The SMILES string of the molecule is C/C=C(/C)C1C/C=C(\C)C(OC2OC(CO)C(O)C2O)C(O)C(=O)CCC(C)C(=O)O1. The fourth-order valence-corrected chi connectivity index (χ4v) is 3.52. The maximum Gasteiger partial charge on any atom is 0.309 e. The Morgan fingerprint density at radius 3 is 2.52 bits per heavy atom. The first kappa shape index (κ1) is 25.6. The summed E-state index contributed by atoms with van der Waals surface area (Å²) in [7, 11) is 0. The molecule has 31 heavy (non-hydrogen) atoms. The van der Waals surface area contributed by atoms with E-state index >= 15 is 0 Å². The van der Waals surface area contributed by atoms with Crippen LogP contribution in [0.5, 0.6) is 0 Å². The molecule has 2 aliphatic rings. The van der Waals surface area contributed by atoms with Gasteiger partial charge >= 0.3 is 5.97 Å². The lowest BCUT2D eigenvalue weighted by molar-refractivity contribution is -0.202. The maximum absolute atomic E-state index is 12.6. The number of ether oxygens (including phenoxy) is 3. The van der Waals surface area contributed by atoms with E-state index in [1.807, 2.05) is 19.9 Å². The zero-order valence-electron chi connectivity index (χ0n) is 18.4. The van der Waals surface area contributed by atoms with Crippen LogP contribution >= 0.6 is 0 Å². The highest BCUT2D eigenvalue weighted by atomic mass is 16.7. The minimum atomic E-state index is -1.55. The molecule has 0 radical (unpaired) electrons. The largest absolute Gasteiger partial charge is 0.457 e. The second kappa shape index (κ2) is 11.3. The van der Waals surface area contributed by atoms with Crippen molar-refractivity contribution in [1.82, 2.24) is 0 Å². The molecule has 1 saturated heterocycles. The molecule has 0 aromatic heterocycles. The molecule has 8 atom stereocenters. The third-order valence-corrected chi connectivity index (χ3v) is 5.95. The number of allylic oxidation sites excluding steroid dienone is 1. The van der Waals surface area contributed by atoms with E-state index in [4.69, 9.17) is 14.2 Å². The number of esters is 1. The van der Waals surface area contributed by atoms with Gasteiger partial charge in [-0.2, -0.15) is 0 Å². The highest BCUT2D eigenvalue weighted by Gasteiger charge is 2.45. The average molecular weight is 443 g/mol. The Bertz CT molecular complexity index is 701. The van der Waals surface area contributed by atoms with Gasteiger partial charge in [0.05, 0.1) is 12.5 Å². The van der Waals surface area contributed by atoms with Crippen LogP contribution in [0.25, 0.3) is 0 Å². The Balaban J connectivity index is 2.32. The summed E-state index contributed by atoms with van der Waals surface area (Å²) >= 11 is 0. The number of cyclic esters (lactones) is 1. The molecule has 0 amide bonds. The zero-order chi connectivity index (χ0) is 23.3. The van der Waals surface area contributed by atoms with E-state index in [1.54, 1.807) is 19.9 Å². The summed E-state index contributed by atoms with van der Waals surface area (Å²) in [6.07, 6.45) is -4.38. The molecule has 2 rings (SSSR count). The maximum atomic E-state index is 12.6. The van der Waals surface area contributed by atoms with Crippen molar-refractivity contribution in [2.45, 2.75) is 89.9 Å². The Kier molecular flexibility index (Phi) is 9.35. The van der Waals surface area contributed by atoms with E-state index in [-0.39, 0.29) is 12.8 Å². The van der Waals surface area contributed by atoms with Gasteiger partial charge in [-0.3, -0.25) is 9.59 Å². The summed E-state index contributed by atoms with van der Waals surface area (Å²) in [5.41, 5.74) is 1.34. The number of aliphatic hydroxyl groups is 4. The fraction of sp³-hybridized carbons (Fsp3) is 0.727. The number of carbonyl (C=O) groups is 2. The Hall–Kier alpha value is -1.62. The van der Waals surface area contributed by atoms with Crippen molar-refractivity contribution in [2.24, 2.45) is 5.92 Å². The molecule has 9 nitrogen and oxygen atoms in total. The molecule has 0 aromatic rings. The molecule has 0 spiro atoms. The van der Waals surface area contributed by atoms with Gasteiger partial charge in [-0.25, -0.2) is 0 Å². The molecule has 8 unspecified atom stereocenters. The number of carbonyl (C=O) groups excluding carboxylic acids is 2. The van der Waals surface area contributed by atoms with Gasteiger partial charge in [-0.1, -0.05) is 19.1 Å². The summed E-state index contributed by atoms with van der Waals surface area (Å²) in [6, 6.07) is 0. The van der Waals surface area contributed by atoms with Crippen LogP contribution < -0.4 is 0 Å². The molecule has 0 aliphatic carbocycles. The monoisotopic (exact) mass is 442 g/mol. The van der Waals surface area contributed by atoms with Crippen molar-refractivity contribution < 1.29 is 44.2 Å². The minimum Gasteiger partial charge on any atom is -0.457 e. The first-order valence-electron chi connectivity index (χ1n) is 10.6. The highest BCUT2D eigenvalue weighted by molar-refractivity contribution is 5.84. The lowest BCUT2D eigenvalue weighted by atomic mass is 9.94. The summed E-state index contributed by atoms with van der Waals surface area (Å²) in [5, 5.41) is 40.1.